The zero-order valence-corrected chi connectivity index (χ0v) is 15.0. The van der Waals surface area contributed by atoms with E-state index in [4.69, 9.17) is 12.2 Å². The first-order chi connectivity index (χ1) is 11.6. The average molecular weight is 337 g/mol. The number of hydrazine groups is 1. The Kier molecular flexibility index (Phi) is 5.16. The van der Waals surface area contributed by atoms with Crippen LogP contribution in [0, 0.1) is 13.8 Å². The van der Waals surface area contributed by atoms with Crippen LogP contribution in [0.15, 0.2) is 48.5 Å². The monoisotopic (exact) mass is 337 g/mol. The molecule has 0 saturated carbocycles. The van der Waals surface area contributed by atoms with Gasteiger partial charge in [0, 0.05) is 11.3 Å². The molecule has 0 bridgehead atoms. The summed E-state index contributed by atoms with van der Waals surface area (Å²) in [5, 5.41) is 3.82. The molecular weight excluding hydrogens is 314 g/mol. The Morgan fingerprint density at radius 3 is 2.75 bits per heavy atom. The summed E-state index contributed by atoms with van der Waals surface area (Å²) in [5.41, 5.74) is 13.6. The fourth-order valence-electron chi connectivity index (χ4n) is 2.93. The van der Waals surface area contributed by atoms with Gasteiger partial charge in [-0.15, -0.1) is 0 Å². The van der Waals surface area contributed by atoms with Crippen LogP contribution in [0.4, 0.5) is 5.69 Å². The van der Waals surface area contributed by atoms with Crippen molar-refractivity contribution in [3.63, 3.8) is 0 Å². The van der Waals surface area contributed by atoms with Crippen LogP contribution < -0.4 is 16.2 Å². The van der Waals surface area contributed by atoms with Gasteiger partial charge in [-0.25, -0.2) is 0 Å². The summed E-state index contributed by atoms with van der Waals surface area (Å²) in [6.07, 6.45) is 5.59. The molecular formula is C20H23N3S. The number of allylic oxidation sites excluding steroid dienone is 1. The summed E-state index contributed by atoms with van der Waals surface area (Å²) >= 11 is 5.43. The first-order valence-electron chi connectivity index (χ1n) is 8.33. The lowest BCUT2D eigenvalue weighted by Gasteiger charge is -2.17. The molecule has 24 heavy (non-hydrogen) atoms. The number of hydrogen-bond acceptors (Lipinski definition) is 2. The molecule has 4 heteroatoms. The second kappa shape index (κ2) is 7.49. The second-order valence-corrected chi connectivity index (χ2v) is 6.53. The van der Waals surface area contributed by atoms with Crippen molar-refractivity contribution in [2.75, 3.05) is 5.32 Å². The molecule has 2 aromatic carbocycles. The van der Waals surface area contributed by atoms with Gasteiger partial charge >= 0.3 is 0 Å². The third-order valence-corrected chi connectivity index (χ3v) is 4.67. The number of rotatable bonds is 3. The molecule has 3 nitrogen and oxygen atoms in total. The summed E-state index contributed by atoms with van der Waals surface area (Å²) in [5.74, 6) is 0. The molecule has 0 aromatic heterocycles. The fraction of sp³-hybridized carbons (Fsp3) is 0.250. The fourth-order valence-corrected chi connectivity index (χ4v) is 3.09. The highest BCUT2D eigenvalue weighted by atomic mass is 32.1. The summed E-state index contributed by atoms with van der Waals surface area (Å²) in [7, 11) is 0. The zero-order chi connectivity index (χ0) is 16.9. The normalized spacial score (nSPS) is 13.3. The van der Waals surface area contributed by atoms with E-state index in [0.29, 0.717) is 5.11 Å². The first kappa shape index (κ1) is 16.5. The quantitative estimate of drug-likeness (QED) is 0.570. The molecule has 0 fully saturated rings. The minimum atomic E-state index is 0.561. The van der Waals surface area contributed by atoms with Crippen molar-refractivity contribution in [2.24, 2.45) is 0 Å². The summed E-state index contributed by atoms with van der Waals surface area (Å²) in [6, 6.07) is 14.7. The summed E-state index contributed by atoms with van der Waals surface area (Å²) in [6.45, 7) is 4.19. The van der Waals surface area contributed by atoms with Crippen molar-refractivity contribution in [3.8, 4) is 0 Å². The van der Waals surface area contributed by atoms with Crippen LogP contribution in [0.2, 0.25) is 0 Å². The van der Waals surface area contributed by atoms with Crippen LogP contribution in [-0.2, 0) is 6.42 Å². The molecule has 1 aliphatic carbocycles. The number of nitrogens with one attached hydrogen (secondary N) is 3. The summed E-state index contributed by atoms with van der Waals surface area (Å²) in [4.78, 5) is 0. The van der Waals surface area contributed by atoms with Crippen LogP contribution >= 0.6 is 12.2 Å². The predicted octanol–water partition coefficient (Wildman–Crippen LogP) is 4.47. The van der Waals surface area contributed by atoms with Crippen LogP contribution in [0.1, 0.15) is 35.1 Å². The highest BCUT2D eigenvalue weighted by molar-refractivity contribution is 7.80. The maximum atomic E-state index is 5.43. The molecule has 0 heterocycles. The van der Waals surface area contributed by atoms with Crippen molar-refractivity contribution in [2.45, 2.75) is 33.1 Å². The molecule has 3 rings (SSSR count). The highest BCUT2D eigenvalue weighted by Gasteiger charge is 2.11. The van der Waals surface area contributed by atoms with E-state index in [0.717, 1.165) is 24.2 Å². The van der Waals surface area contributed by atoms with Crippen molar-refractivity contribution in [1.29, 1.82) is 0 Å². The van der Waals surface area contributed by atoms with E-state index in [9.17, 15) is 0 Å². The number of aryl methyl sites for hydroxylation is 2. The van der Waals surface area contributed by atoms with E-state index in [1.807, 2.05) is 12.1 Å². The van der Waals surface area contributed by atoms with Gasteiger partial charge in [0.05, 0.1) is 5.70 Å². The van der Waals surface area contributed by atoms with E-state index in [1.165, 1.54) is 28.7 Å². The van der Waals surface area contributed by atoms with Gasteiger partial charge in [0.25, 0.3) is 0 Å². The number of hydrogen-bond donors (Lipinski definition) is 3. The zero-order valence-electron chi connectivity index (χ0n) is 14.1. The molecule has 0 amide bonds. The average Bonchev–Trinajstić information content (AvgIpc) is 2.79. The van der Waals surface area contributed by atoms with Crippen molar-refractivity contribution >= 4 is 28.7 Å². The Morgan fingerprint density at radius 2 is 1.88 bits per heavy atom. The predicted molar refractivity (Wildman–Crippen MR) is 106 cm³/mol. The third-order valence-electron chi connectivity index (χ3n) is 4.47. The molecule has 3 N–H and O–H groups in total. The Bertz CT molecular complexity index is 780. The lowest BCUT2D eigenvalue weighted by molar-refractivity contribution is 0.839. The van der Waals surface area contributed by atoms with Crippen LogP contribution in [0.5, 0.6) is 0 Å². The van der Waals surface area contributed by atoms with Gasteiger partial charge in [0.15, 0.2) is 5.11 Å². The van der Waals surface area contributed by atoms with Gasteiger partial charge in [-0.05, 0) is 68.1 Å². The van der Waals surface area contributed by atoms with Gasteiger partial charge in [0.1, 0.15) is 0 Å². The number of benzene rings is 2. The SMILES string of the molecule is Cc1cccc(NC(=S)NNC2=CCCCc3ccccc32)c1C. The molecule has 0 radical (unpaired) electrons. The van der Waals surface area contributed by atoms with Crippen molar-refractivity contribution < 1.29 is 0 Å². The lowest BCUT2D eigenvalue weighted by Crippen LogP contribution is -2.39. The van der Waals surface area contributed by atoms with Gasteiger partial charge in [-0.1, -0.05) is 42.5 Å². The number of anilines is 1. The van der Waals surface area contributed by atoms with Crippen LogP contribution in [0.3, 0.4) is 0 Å². The van der Waals surface area contributed by atoms with E-state index in [-0.39, 0.29) is 0 Å². The minimum absolute atomic E-state index is 0.561. The molecule has 0 saturated heterocycles. The minimum Gasteiger partial charge on any atom is -0.331 e. The first-order valence-corrected chi connectivity index (χ1v) is 8.73. The van der Waals surface area contributed by atoms with Crippen LogP contribution in [0.25, 0.3) is 5.70 Å². The Labute approximate surface area is 149 Å². The summed E-state index contributed by atoms with van der Waals surface area (Å²) < 4.78 is 0. The lowest BCUT2D eigenvalue weighted by atomic mass is 10.0. The molecule has 2 aromatic rings. The van der Waals surface area contributed by atoms with Crippen molar-refractivity contribution in [1.82, 2.24) is 10.9 Å². The van der Waals surface area contributed by atoms with E-state index in [2.05, 4.69) is 66.4 Å². The number of thiocarbonyl (C=S) groups is 1. The molecule has 0 spiro atoms. The van der Waals surface area contributed by atoms with Gasteiger partial charge in [0.2, 0.25) is 0 Å². The largest absolute Gasteiger partial charge is 0.331 e. The maximum absolute atomic E-state index is 5.43. The molecule has 0 atom stereocenters. The van der Waals surface area contributed by atoms with Gasteiger partial charge < -0.3 is 5.32 Å². The second-order valence-electron chi connectivity index (χ2n) is 6.12. The molecule has 124 valence electrons. The highest BCUT2D eigenvalue weighted by Crippen LogP contribution is 2.23. The Morgan fingerprint density at radius 1 is 1.04 bits per heavy atom. The smallest absolute Gasteiger partial charge is 0.189 e. The van der Waals surface area contributed by atoms with E-state index < -0.39 is 0 Å². The molecule has 0 aliphatic heterocycles. The Balaban J connectivity index is 1.66. The van der Waals surface area contributed by atoms with E-state index >= 15 is 0 Å². The number of fused-ring (bicyclic) bond motifs is 1. The third kappa shape index (κ3) is 3.77. The van der Waals surface area contributed by atoms with E-state index in [1.54, 1.807) is 0 Å². The van der Waals surface area contributed by atoms with Gasteiger partial charge in [-0.2, -0.15) is 0 Å². The van der Waals surface area contributed by atoms with Crippen LogP contribution in [-0.4, -0.2) is 5.11 Å². The van der Waals surface area contributed by atoms with Gasteiger partial charge in [-0.3, -0.25) is 10.9 Å². The molecule has 0 unspecified atom stereocenters. The maximum Gasteiger partial charge on any atom is 0.189 e. The molecule has 1 aliphatic rings. The van der Waals surface area contributed by atoms with Crippen molar-refractivity contribution in [3.05, 3.63) is 70.8 Å². The topological polar surface area (TPSA) is 36.1 Å². The standard InChI is InChI=1S/C20H23N3S/c1-14-8-7-13-18(15(14)2)21-20(24)23-22-19-12-6-4-10-16-9-3-5-11-17(16)19/h3,5,7-9,11-13,22H,4,6,10H2,1-2H3,(H2,21,23,24). The Hall–Kier alpha value is -2.33.